The van der Waals surface area contributed by atoms with Crippen LogP contribution in [0, 0.1) is 0 Å². The minimum Gasteiger partial charge on any atom is -0.468 e. The fraction of sp³-hybridized carbons (Fsp3) is 0.556. The lowest BCUT2D eigenvalue weighted by molar-refractivity contribution is -0.142. The van der Waals surface area contributed by atoms with Gasteiger partial charge in [-0.1, -0.05) is 0 Å². The second-order valence-electron chi connectivity index (χ2n) is 3.68. The first-order valence-electron chi connectivity index (χ1n) is 5.10. The first-order valence-corrected chi connectivity index (χ1v) is 5.83. The van der Waals surface area contributed by atoms with Crippen molar-refractivity contribution in [3.63, 3.8) is 0 Å². The highest BCUT2D eigenvalue weighted by Crippen LogP contribution is 2.08. The summed E-state index contributed by atoms with van der Waals surface area (Å²) in [6, 6.07) is -0.438. The lowest BCUT2D eigenvalue weighted by Gasteiger charge is -2.10. The van der Waals surface area contributed by atoms with Gasteiger partial charge in [0.2, 0.25) is 0 Å². The van der Waals surface area contributed by atoms with Crippen molar-refractivity contribution in [2.24, 2.45) is 0 Å². The minimum absolute atomic E-state index is 0.0895. The second kappa shape index (κ2) is 5.19. The van der Waals surface area contributed by atoms with Crippen LogP contribution >= 0.6 is 11.7 Å². The molecule has 1 aromatic rings. The third-order valence-electron chi connectivity index (χ3n) is 2.55. The summed E-state index contributed by atoms with van der Waals surface area (Å²) >= 11 is 0.984. The maximum absolute atomic E-state index is 11.7. The van der Waals surface area contributed by atoms with Gasteiger partial charge in [-0.25, -0.2) is 0 Å². The highest BCUT2D eigenvalue weighted by Gasteiger charge is 2.31. The van der Waals surface area contributed by atoms with E-state index in [1.807, 2.05) is 0 Å². The predicted octanol–water partition coefficient (Wildman–Crippen LogP) is -0.829. The summed E-state index contributed by atoms with van der Waals surface area (Å²) in [7, 11) is 1.34. The molecule has 0 unspecified atom stereocenters. The van der Waals surface area contributed by atoms with Crippen molar-refractivity contribution >= 4 is 23.6 Å². The largest absolute Gasteiger partial charge is 0.468 e. The average molecular weight is 256 g/mol. The molecule has 7 nitrogen and oxygen atoms in total. The SMILES string of the molecule is COC(=O)[C@@H]1C[C@H](NC(=O)c2cnsn2)CN1. The summed E-state index contributed by atoms with van der Waals surface area (Å²) in [4.78, 5) is 22.9. The van der Waals surface area contributed by atoms with E-state index in [0.29, 0.717) is 18.7 Å². The van der Waals surface area contributed by atoms with Gasteiger partial charge < -0.3 is 15.4 Å². The number of esters is 1. The average Bonchev–Trinajstić information content (AvgIpc) is 2.98. The van der Waals surface area contributed by atoms with Crippen LogP contribution in [0.15, 0.2) is 6.20 Å². The Morgan fingerprint density at radius 1 is 1.65 bits per heavy atom. The maximum Gasteiger partial charge on any atom is 0.322 e. The van der Waals surface area contributed by atoms with Crippen molar-refractivity contribution in [1.82, 2.24) is 19.4 Å². The number of hydrogen-bond donors (Lipinski definition) is 2. The Morgan fingerprint density at radius 3 is 3.12 bits per heavy atom. The summed E-state index contributed by atoms with van der Waals surface area (Å²) in [5.41, 5.74) is 0.302. The Morgan fingerprint density at radius 2 is 2.47 bits per heavy atom. The van der Waals surface area contributed by atoms with Gasteiger partial charge in [0.25, 0.3) is 5.91 Å². The summed E-state index contributed by atoms with van der Waals surface area (Å²) in [6.07, 6.45) is 1.94. The second-order valence-corrected chi connectivity index (χ2v) is 4.24. The first kappa shape index (κ1) is 11.9. The van der Waals surface area contributed by atoms with Gasteiger partial charge >= 0.3 is 5.97 Å². The molecule has 1 fully saturated rings. The molecule has 2 atom stereocenters. The fourth-order valence-electron chi connectivity index (χ4n) is 1.69. The molecule has 1 saturated heterocycles. The zero-order valence-corrected chi connectivity index (χ0v) is 9.99. The molecule has 0 saturated carbocycles. The Labute approximate surface area is 102 Å². The zero-order valence-electron chi connectivity index (χ0n) is 9.17. The molecule has 2 heterocycles. The number of rotatable bonds is 3. The van der Waals surface area contributed by atoms with Crippen LogP contribution in [0.4, 0.5) is 0 Å². The minimum atomic E-state index is -0.348. The molecule has 1 aliphatic heterocycles. The maximum atomic E-state index is 11.7. The van der Waals surface area contributed by atoms with Crippen molar-refractivity contribution < 1.29 is 14.3 Å². The molecule has 17 heavy (non-hydrogen) atoms. The van der Waals surface area contributed by atoms with Crippen molar-refractivity contribution in [1.29, 1.82) is 0 Å². The van der Waals surface area contributed by atoms with E-state index in [9.17, 15) is 9.59 Å². The molecular formula is C9H12N4O3S. The molecule has 8 heteroatoms. The molecular weight excluding hydrogens is 244 g/mol. The van der Waals surface area contributed by atoms with Crippen molar-refractivity contribution in [2.45, 2.75) is 18.5 Å². The van der Waals surface area contributed by atoms with Gasteiger partial charge in [-0.3, -0.25) is 9.59 Å². The van der Waals surface area contributed by atoms with Crippen molar-refractivity contribution in [3.05, 3.63) is 11.9 Å². The highest BCUT2D eigenvalue weighted by molar-refractivity contribution is 6.99. The van der Waals surface area contributed by atoms with Gasteiger partial charge in [0, 0.05) is 12.6 Å². The molecule has 0 aliphatic carbocycles. The molecule has 1 amide bonds. The summed E-state index contributed by atoms with van der Waals surface area (Å²) in [5.74, 6) is -0.576. The van der Waals surface area contributed by atoms with E-state index in [-0.39, 0.29) is 24.0 Å². The van der Waals surface area contributed by atoms with Gasteiger partial charge in [0.15, 0.2) is 5.69 Å². The summed E-state index contributed by atoms with van der Waals surface area (Å²) < 4.78 is 12.2. The Bertz CT molecular complexity index is 408. The van der Waals surface area contributed by atoms with Crippen LogP contribution in [-0.2, 0) is 9.53 Å². The summed E-state index contributed by atoms with van der Waals surface area (Å²) in [5, 5.41) is 5.77. The van der Waals surface area contributed by atoms with Gasteiger partial charge in [-0.2, -0.15) is 8.75 Å². The monoisotopic (exact) mass is 256 g/mol. The number of carbonyl (C=O) groups excluding carboxylic acids is 2. The smallest absolute Gasteiger partial charge is 0.322 e. The van der Waals surface area contributed by atoms with E-state index >= 15 is 0 Å². The number of nitrogens with one attached hydrogen (secondary N) is 2. The molecule has 2 rings (SSSR count). The third kappa shape index (κ3) is 2.77. The van der Waals surface area contributed by atoms with Crippen LogP contribution in [-0.4, -0.2) is 46.4 Å². The summed E-state index contributed by atoms with van der Waals surface area (Å²) in [6.45, 7) is 0.545. The van der Waals surface area contributed by atoms with Crippen molar-refractivity contribution in [3.8, 4) is 0 Å². The molecule has 1 aromatic heterocycles. The normalized spacial score (nSPS) is 23.4. The Balaban J connectivity index is 1.86. The van der Waals surface area contributed by atoms with E-state index in [0.717, 1.165) is 11.7 Å². The van der Waals surface area contributed by atoms with E-state index in [1.165, 1.54) is 13.3 Å². The van der Waals surface area contributed by atoms with E-state index < -0.39 is 0 Å². The lowest BCUT2D eigenvalue weighted by atomic mass is 10.1. The van der Waals surface area contributed by atoms with Gasteiger partial charge in [0.05, 0.1) is 25.0 Å². The Kier molecular flexibility index (Phi) is 3.64. The van der Waals surface area contributed by atoms with E-state index in [1.54, 1.807) is 0 Å². The van der Waals surface area contributed by atoms with E-state index in [2.05, 4.69) is 24.1 Å². The van der Waals surface area contributed by atoms with Crippen LogP contribution in [0.5, 0.6) is 0 Å². The number of amides is 1. The topological polar surface area (TPSA) is 93.2 Å². The quantitative estimate of drug-likeness (QED) is 0.686. The zero-order chi connectivity index (χ0) is 12.3. The number of methoxy groups -OCH3 is 1. The molecule has 92 valence electrons. The van der Waals surface area contributed by atoms with E-state index in [4.69, 9.17) is 0 Å². The standard InChI is InChI=1S/C9H12N4O3S/c1-16-9(15)6-2-5(3-10-6)12-8(14)7-4-11-17-13-7/h4-6,10H,2-3H2,1H3,(H,12,14)/t5-,6-/m0/s1. The fourth-order valence-corrected chi connectivity index (χ4v) is 2.10. The molecule has 2 N–H and O–H groups in total. The van der Waals surface area contributed by atoms with Crippen LogP contribution in [0.3, 0.4) is 0 Å². The third-order valence-corrected chi connectivity index (χ3v) is 3.02. The van der Waals surface area contributed by atoms with Gasteiger partial charge in [-0.05, 0) is 6.42 Å². The molecule has 1 aliphatic rings. The molecule has 0 bridgehead atoms. The lowest BCUT2D eigenvalue weighted by Crippen LogP contribution is -2.36. The Hall–Kier alpha value is -1.54. The van der Waals surface area contributed by atoms with Crippen LogP contribution in [0.1, 0.15) is 16.9 Å². The highest BCUT2D eigenvalue weighted by atomic mass is 32.1. The van der Waals surface area contributed by atoms with Crippen LogP contribution in [0.25, 0.3) is 0 Å². The molecule has 0 aromatic carbocycles. The van der Waals surface area contributed by atoms with Gasteiger partial charge in [-0.15, -0.1) is 0 Å². The number of carbonyl (C=O) groups is 2. The molecule has 0 spiro atoms. The number of hydrogen-bond acceptors (Lipinski definition) is 7. The first-order chi connectivity index (χ1) is 8.20. The van der Waals surface area contributed by atoms with Crippen molar-refractivity contribution in [2.75, 3.05) is 13.7 Å². The molecule has 0 radical (unpaired) electrons. The number of ether oxygens (including phenoxy) is 1. The van der Waals surface area contributed by atoms with Crippen LogP contribution < -0.4 is 10.6 Å². The number of aromatic nitrogens is 2. The number of nitrogens with zero attached hydrogens (tertiary/aromatic N) is 2. The van der Waals surface area contributed by atoms with Crippen LogP contribution in [0.2, 0.25) is 0 Å². The predicted molar refractivity (Wildman–Crippen MR) is 59.6 cm³/mol. The van der Waals surface area contributed by atoms with Gasteiger partial charge in [0.1, 0.15) is 6.04 Å².